The lowest BCUT2D eigenvalue weighted by Crippen LogP contribution is -2.06. The van der Waals surface area contributed by atoms with Crippen LogP contribution in [0.25, 0.3) is 5.57 Å². The predicted molar refractivity (Wildman–Crippen MR) is 93.1 cm³/mol. The minimum absolute atomic E-state index is 0.567. The van der Waals surface area contributed by atoms with Gasteiger partial charge in [-0.05, 0) is 23.8 Å². The minimum Gasteiger partial charge on any atom is -0.488 e. The van der Waals surface area contributed by atoms with Crippen molar-refractivity contribution in [3.8, 4) is 0 Å². The lowest BCUT2D eigenvalue weighted by molar-refractivity contribution is 0.213. The average molecular weight is 352 g/mol. The maximum Gasteiger partial charge on any atom is 0.129 e. The molecule has 1 aliphatic carbocycles. The van der Waals surface area contributed by atoms with Crippen molar-refractivity contribution in [3.63, 3.8) is 0 Å². The van der Waals surface area contributed by atoms with Crippen LogP contribution in [0, 0.1) is 0 Å². The van der Waals surface area contributed by atoms with E-state index in [1.807, 2.05) is 30.3 Å². The predicted octanol–water partition coefficient (Wildman–Crippen LogP) is 5.42. The van der Waals surface area contributed by atoms with E-state index in [1.165, 1.54) is 5.56 Å². The quantitative estimate of drug-likeness (QED) is 0.723. The monoisotopic (exact) mass is 351 g/mol. The largest absolute Gasteiger partial charge is 0.488 e. The Hall–Kier alpha value is -2.13. The molecule has 0 spiro atoms. The summed E-state index contributed by atoms with van der Waals surface area (Å²) in [5, 5.41) is 0. The second-order valence-electron chi connectivity index (χ2n) is 5.31. The van der Waals surface area contributed by atoms with Crippen LogP contribution in [0.2, 0.25) is 0 Å². The van der Waals surface area contributed by atoms with Crippen LogP contribution in [-0.4, -0.2) is 5.71 Å². The van der Waals surface area contributed by atoms with Crippen LogP contribution in [0.4, 0.5) is 5.69 Å². The van der Waals surface area contributed by atoms with Gasteiger partial charge in [0, 0.05) is 22.0 Å². The Bertz CT molecular complexity index is 819. The molecule has 0 fully saturated rings. The van der Waals surface area contributed by atoms with Crippen molar-refractivity contribution >= 4 is 32.9 Å². The van der Waals surface area contributed by atoms with Gasteiger partial charge in [-0.2, -0.15) is 0 Å². The van der Waals surface area contributed by atoms with Crippen LogP contribution in [0.3, 0.4) is 0 Å². The molecule has 0 N–H and O–H groups in total. The van der Waals surface area contributed by atoms with E-state index >= 15 is 0 Å². The standard InChI is InChI=1S/C19H14BrNO/c20-14-8-4-9-15-18(14)19-16(21-15)10-5-11-17(19)22-12-13-6-2-1-3-7-13/h1-9,11H,10,12H2. The van der Waals surface area contributed by atoms with Crippen LogP contribution >= 0.6 is 15.9 Å². The van der Waals surface area contributed by atoms with Crippen molar-refractivity contribution in [2.45, 2.75) is 13.0 Å². The third-order valence-electron chi connectivity index (χ3n) is 3.85. The summed E-state index contributed by atoms with van der Waals surface area (Å²) in [6.07, 6.45) is 5.03. The Morgan fingerprint density at radius 2 is 1.91 bits per heavy atom. The second-order valence-corrected chi connectivity index (χ2v) is 6.17. The number of allylic oxidation sites excluding steroid dienone is 3. The van der Waals surface area contributed by atoms with Crippen molar-refractivity contribution in [3.05, 3.63) is 82.0 Å². The van der Waals surface area contributed by atoms with E-state index in [2.05, 4.69) is 46.3 Å². The molecule has 3 heteroatoms. The summed E-state index contributed by atoms with van der Waals surface area (Å²) < 4.78 is 7.15. The van der Waals surface area contributed by atoms with E-state index in [0.29, 0.717) is 6.61 Å². The zero-order valence-corrected chi connectivity index (χ0v) is 13.5. The van der Waals surface area contributed by atoms with Gasteiger partial charge >= 0.3 is 0 Å². The minimum atomic E-state index is 0.567. The first kappa shape index (κ1) is 13.5. The Kier molecular flexibility index (Phi) is 3.43. The fourth-order valence-electron chi connectivity index (χ4n) is 2.83. The van der Waals surface area contributed by atoms with E-state index in [-0.39, 0.29) is 0 Å². The maximum absolute atomic E-state index is 6.09. The molecule has 0 saturated carbocycles. The summed E-state index contributed by atoms with van der Waals surface area (Å²) in [5.41, 5.74) is 5.54. The molecule has 2 aromatic carbocycles. The van der Waals surface area contributed by atoms with Gasteiger partial charge in [0.05, 0.1) is 11.4 Å². The van der Waals surface area contributed by atoms with Gasteiger partial charge in [0.1, 0.15) is 12.4 Å². The van der Waals surface area contributed by atoms with Crippen LogP contribution < -0.4 is 0 Å². The van der Waals surface area contributed by atoms with Crippen molar-refractivity contribution in [1.82, 2.24) is 0 Å². The van der Waals surface area contributed by atoms with Gasteiger partial charge in [0.2, 0.25) is 0 Å². The van der Waals surface area contributed by atoms with Gasteiger partial charge in [0.25, 0.3) is 0 Å². The molecule has 0 aromatic heterocycles. The van der Waals surface area contributed by atoms with Gasteiger partial charge < -0.3 is 4.74 Å². The van der Waals surface area contributed by atoms with Gasteiger partial charge in [-0.1, -0.05) is 58.4 Å². The van der Waals surface area contributed by atoms with Gasteiger partial charge in [-0.3, -0.25) is 4.99 Å². The molecule has 0 unspecified atom stereocenters. The molecule has 2 aliphatic rings. The Morgan fingerprint density at radius 3 is 2.77 bits per heavy atom. The van der Waals surface area contributed by atoms with Crippen LogP contribution in [0.1, 0.15) is 17.5 Å². The second kappa shape index (κ2) is 5.58. The first-order valence-electron chi connectivity index (χ1n) is 7.27. The van der Waals surface area contributed by atoms with Crippen molar-refractivity contribution < 1.29 is 4.74 Å². The first-order chi connectivity index (χ1) is 10.8. The third-order valence-corrected chi connectivity index (χ3v) is 4.51. The Morgan fingerprint density at radius 1 is 1.05 bits per heavy atom. The number of halogens is 1. The highest BCUT2D eigenvalue weighted by molar-refractivity contribution is 9.10. The fourth-order valence-corrected chi connectivity index (χ4v) is 3.38. The zero-order valence-electron chi connectivity index (χ0n) is 11.9. The smallest absolute Gasteiger partial charge is 0.129 e. The molecule has 0 saturated heterocycles. The molecule has 2 aromatic rings. The molecule has 2 nitrogen and oxygen atoms in total. The topological polar surface area (TPSA) is 21.6 Å². The fraction of sp³-hybridized carbons (Fsp3) is 0.105. The van der Waals surface area contributed by atoms with Crippen molar-refractivity contribution in [1.29, 1.82) is 0 Å². The number of hydrogen-bond donors (Lipinski definition) is 0. The van der Waals surface area contributed by atoms with Crippen LogP contribution in [0.15, 0.2) is 75.9 Å². The van der Waals surface area contributed by atoms with Crippen LogP contribution in [-0.2, 0) is 11.3 Å². The molecule has 0 radical (unpaired) electrons. The summed E-state index contributed by atoms with van der Waals surface area (Å²) >= 11 is 3.65. The molecular weight excluding hydrogens is 338 g/mol. The lowest BCUT2D eigenvalue weighted by atomic mass is 9.96. The Balaban J connectivity index is 1.72. The first-order valence-corrected chi connectivity index (χ1v) is 8.06. The SMILES string of the molecule is Brc1cccc2c1C1=C(OCc3ccccc3)C=CCC1=N2. The van der Waals surface area contributed by atoms with E-state index < -0.39 is 0 Å². The number of benzene rings is 2. The van der Waals surface area contributed by atoms with Gasteiger partial charge in [0.15, 0.2) is 0 Å². The number of hydrogen-bond acceptors (Lipinski definition) is 2. The Labute approximate surface area is 138 Å². The number of aliphatic imine (C=N–C) groups is 1. The molecule has 0 amide bonds. The third kappa shape index (κ3) is 2.32. The van der Waals surface area contributed by atoms with Crippen molar-refractivity contribution in [2.75, 3.05) is 0 Å². The number of ether oxygens (including phenoxy) is 1. The van der Waals surface area contributed by atoms with Crippen molar-refractivity contribution in [2.24, 2.45) is 4.99 Å². The summed E-state index contributed by atoms with van der Waals surface area (Å²) in [7, 11) is 0. The molecule has 108 valence electrons. The van der Waals surface area contributed by atoms with E-state index in [4.69, 9.17) is 9.73 Å². The summed E-state index contributed by atoms with van der Waals surface area (Å²) in [5.74, 6) is 0.902. The molecule has 4 rings (SSSR count). The van der Waals surface area contributed by atoms with Gasteiger partial charge in [-0.25, -0.2) is 0 Å². The number of rotatable bonds is 3. The molecule has 22 heavy (non-hydrogen) atoms. The highest BCUT2D eigenvalue weighted by Crippen LogP contribution is 2.43. The molecule has 0 atom stereocenters. The molecule has 1 aliphatic heterocycles. The lowest BCUT2D eigenvalue weighted by Gasteiger charge is -2.16. The average Bonchev–Trinajstić information content (AvgIpc) is 2.94. The molecule has 0 bridgehead atoms. The van der Waals surface area contributed by atoms with E-state index in [9.17, 15) is 0 Å². The highest BCUT2D eigenvalue weighted by atomic mass is 79.9. The number of fused-ring (bicyclic) bond motifs is 3. The summed E-state index contributed by atoms with van der Waals surface area (Å²) in [6.45, 7) is 0.567. The zero-order chi connectivity index (χ0) is 14.9. The number of nitrogens with zero attached hydrogens (tertiary/aromatic N) is 1. The normalized spacial score (nSPS) is 15.4. The summed E-state index contributed by atoms with van der Waals surface area (Å²) in [6, 6.07) is 16.3. The van der Waals surface area contributed by atoms with E-state index in [1.54, 1.807) is 0 Å². The van der Waals surface area contributed by atoms with Gasteiger partial charge in [-0.15, -0.1) is 0 Å². The highest BCUT2D eigenvalue weighted by Gasteiger charge is 2.27. The van der Waals surface area contributed by atoms with E-state index in [0.717, 1.165) is 39.2 Å². The molecule has 1 heterocycles. The maximum atomic E-state index is 6.09. The summed E-state index contributed by atoms with van der Waals surface area (Å²) in [4.78, 5) is 4.74. The van der Waals surface area contributed by atoms with Crippen LogP contribution in [0.5, 0.6) is 0 Å². The molecular formula is C19H14BrNO.